The summed E-state index contributed by atoms with van der Waals surface area (Å²) in [5, 5.41) is 3.61. The summed E-state index contributed by atoms with van der Waals surface area (Å²) in [5.74, 6) is 0.798. The lowest BCUT2D eigenvalue weighted by molar-refractivity contribution is 0.244. The van der Waals surface area contributed by atoms with Crippen LogP contribution in [0.5, 0.6) is 0 Å². The summed E-state index contributed by atoms with van der Waals surface area (Å²) in [6, 6.07) is 0.953. The third kappa shape index (κ3) is 4.45. The van der Waals surface area contributed by atoms with Crippen LogP contribution in [0.4, 0.5) is 0 Å². The molecule has 0 bridgehead atoms. The highest BCUT2D eigenvalue weighted by molar-refractivity contribution is 7.91. The van der Waals surface area contributed by atoms with E-state index < -0.39 is 9.84 Å². The predicted octanol–water partition coefficient (Wildman–Crippen LogP) is 2.90. The fourth-order valence-electron chi connectivity index (χ4n) is 3.83. The first kappa shape index (κ1) is 15.3. The Morgan fingerprint density at radius 3 is 2.32 bits per heavy atom. The second-order valence-electron chi connectivity index (χ2n) is 6.67. The van der Waals surface area contributed by atoms with Crippen LogP contribution in [0.25, 0.3) is 0 Å². The highest BCUT2D eigenvalue weighted by Crippen LogP contribution is 2.29. The molecule has 4 heteroatoms. The molecule has 0 amide bonds. The van der Waals surface area contributed by atoms with Gasteiger partial charge < -0.3 is 5.32 Å². The zero-order valence-electron chi connectivity index (χ0n) is 12.4. The van der Waals surface area contributed by atoms with E-state index in [9.17, 15) is 8.42 Å². The first-order valence-corrected chi connectivity index (χ1v) is 9.87. The minimum absolute atomic E-state index is 0.114. The van der Waals surface area contributed by atoms with Crippen LogP contribution in [-0.4, -0.2) is 32.0 Å². The number of nitrogens with one attached hydrogen (secondary N) is 1. The maximum absolute atomic E-state index is 11.7. The molecule has 2 rings (SSSR count). The topological polar surface area (TPSA) is 46.2 Å². The fourth-order valence-corrected chi connectivity index (χ4v) is 5.00. The van der Waals surface area contributed by atoms with Gasteiger partial charge in [0, 0.05) is 18.3 Å². The number of hydrogen-bond donors (Lipinski definition) is 1. The van der Waals surface area contributed by atoms with Crippen molar-refractivity contribution in [1.82, 2.24) is 5.32 Å². The van der Waals surface area contributed by atoms with Gasteiger partial charge in [-0.3, -0.25) is 0 Å². The first-order valence-electron chi connectivity index (χ1n) is 7.91. The standard InChI is InChI=1S/C15H29NO2S/c1-12(13-7-4-3-5-8-13)16-14-9-6-10-15(11-14)19(2,17)18/h12-16H,3-11H2,1-2H3/t12-,14?,15?/m1/s1. The summed E-state index contributed by atoms with van der Waals surface area (Å²) in [7, 11) is -2.86. The maximum Gasteiger partial charge on any atom is 0.150 e. The van der Waals surface area contributed by atoms with E-state index >= 15 is 0 Å². The van der Waals surface area contributed by atoms with Crippen molar-refractivity contribution < 1.29 is 8.42 Å². The van der Waals surface area contributed by atoms with E-state index in [2.05, 4.69) is 12.2 Å². The number of hydrogen-bond acceptors (Lipinski definition) is 3. The summed E-state index contributed by atoms with van der Waals surface area (Å²) >= 11 is 0. The van der Waals surface area contributed by atoms with Crippen molar-refractivity contribution in [3.63, 3.8) is 0 Å². The van der Waals surface area contributed by atoms with Gasteiger partial charge in [0.2, 0.25) is 0 Å². The summed E-state index contributed by atoms with van der Waals surface area (Å²) in [6.45, 7) is 2.29. The molecule has 0 aromatic heterocycles. The normalized spacial score (nSPS) is 32.1. The van der Waals surface area contributed by atoms with E-state index in [-0.39, 0.29) is 5.25 Å². The minimum atomic E-state index is -2.86. The van der Waals surface area contributed by atoms with Gasteiger partial charge in [-0.25, -0.2) is 8.42 Å². The van der Waals surface area contributed by atoms with Crippen LogP contribution in [0.15, 0.2) is 0 Å². The Kier molecular flexibility index (Phi) is 5.29. The monoisotopic (exact) mass is 287 g/mol. The molecule has 2 unspecified atom stereocenters. The Hall–Kier alpha value is -0.0900. The van der Waals surface area contributed by atoms with Gasteiger partial charge in [-0.2, -0.15) is 0 Å². The molecule has 3 atom stereocenters. The smallest absolute Gasteiger partial charge is 0.150 e. The molecule has 3 nitrogen and oxygen atoms in total. The SMILES string of the molecule is C[C@@H](NC1CCCC(S(C)(=O)=O)C1)C1CCCCC1. The van der Waals surface area contributed by atoms with Gasteiger partial charge >= 0.3 is 0 Å². The molecular weight excluding hydrogens is 258 g/mol. The Morgan fingerprint density at radius 2 is 1.68 bits per heavy atom. The van der Waals surface area contributed by atoms with Gasteiger partial charge in [0.05, 0.1) is 5.25 Å². The van der Waals surface area contributed by atoms with Crippen molar-refractivity contribution >= 4 is 9.84 Å². The van der Waals surface area contributed by atoms with E-state index in [1.165, 1.54) is 38.4 Å². The molecular formula is C15H29NO2S. The summed E-state index contributed by atoms with van der Waals surface area (Å²) in [4.78, 5) is 0. The lowest BCUT2D eigenvalue weighted by Gasteiger charge is -2.35. The number of sulfone groups is 1. The van der Waals surface area contributed by atoms with Crippen LogP contribution < -0.4 is 5.32 Å². The molecule has 0 aliphatic heterocycles. The van der Waals surface area contributed by atoms with Gasteiger partial charge in [-0.15, -0.1) is 0 Å². The lowest BCUT2D eigenvalue weighted by Crippen LogP contribution is -2.45. The first-order chi connectivity index (χ1) is 8.97. The summed E-state index contributed by atoms with van der Waals surface area (Å²) in [5.41, 5.74) is 0. The van der Waals surface area contributed by atoms with Gasteiger partial charge in [-0.1, -0.05) is 25.7 Å². The van der Waals surface area contributed by atoms with Crippen LogP contribution in [0.2, 0.25) is 0 Å². The second kappa shape index (κ2) is 6.57. The highest BCUT2D eigenvalue weighted by atomic mass is 32.2. The Labute approximate surface area is 118 Å². The summed E-state index contributed by atoms with van der Waals surface area (Å²) in [6.07, 6.45) is 12.1. The van der Waals surface area contributed by atoms with E-state index in [0.717, 1.165) is 31.6 Å². The van der Waals surface area contributed by atoms with Crippen LogP contribution in [0.3, 0.4) is 0 Å². The molecule has 2 aliphatic rings. The highest BCUT2D eigenvalue weighted by Gasteiger charge is 2.30. The third-order valence-electron chi connectivity index (χ3n) is 5.09. The molecule has 0 radical (unpaired) electrons. The van der Waals surface area contributed by atoms with Gasteiger partial charge in [0.15, 0.2) is 0 Å². The zero-order chi connectivity index (χ0) is 13.9. The minimum Gasteiger partial charge on any atom is -0.311 e. The van der Waals surface area contributed by atoms with Crippen molar-refractivity contribution in [2.24, 2.45) is 5.92 Å². The molecule has 0 saturated heterocycles. The molecule has 112 valence electrons. The van der Waals surface area contributed by atoms with Crippen molar-refractivity contribution in [3.05, 3.63) is 0 Å². The number of rotatable bonds is 4. The van der Waals surface area contributed by atoms with Crippen LogP contribution in [-0.2, 0) is 9.84 Å². The van der Waals surface area contributed by atoms with E-state index in [1.807, 2.05) is 0 Å². The quantitative estimate of drug-likeness (QED) is 0.865. The molecule has 2 aliphatic carbocycles. The van der Waals surface area contributed by atoms with Crippen molar-refractivity contribution in [2.45, 2.75) is 82.0 Å². The van der Waals surface area contributed by atoms with Crippen molar-refractivity contribution in [3.8, 4) is 0 Å². The molecule has 1 N–H and O–H groups in total. The van der Waals surface area contributed by atoms with Gasteiger partial charge in [0.1, 0.15) is 9.84 Å². The van der Waals surface area contributed by atoms with Crippen LogP contribution >= 0.6 is 0 Å². The van der Waals surface area contributed by atoms with Gasteiger partial charge in [0.25, 0.3) is 0 Å². The molecule has 0 spiro atoms. The van der Waals surface area contributed by atoms with Crippen molar-refractivity contribution in [2.75, 3.05) is 6.26 Å². The average Bonchev–Trinajstić information content (AvgIpc) is 2.39. The predicted molar refractivity (Wildman–Crippen MR) is 80.1 cm³/mol. The van der Waals surface area contributed by atoms with Crippen LogP contribution in [0, 0.1) is 5.92 Å². The van der Waals surface area contributed by atoms with E-state index in [1.54, 1.807) is 0 Å². The van der Waals surface area contributed by atoms with Crippen LogP contribution in [0.1, 0.15) is 64.7 Å². The van der Waals surface area contributed by atoms with Gasteiger partial charge in [-0.05, 0) is 44.9 Å². The second-order valence-corrected chi connectivity index (χ2v) is 8.99. The van der Waals surface area contributed by atoms with Crippen molar-refractivity contribution in [1.29, 1.82) is 0 Å². The Balaban J connectivity index is 1.84. The fraction of sp³-hybridized carbons (Fsp3) is 1.00. The maximum atomic E-state index is 11.7. The Morgan fingerprint density at radius 1 is 1.00 bits per heavy atom. The summed E-state index contributed by atoms with van der Waals surface area (Å²) < 4.78 is 23.4. The third-order valence-corrected chi connectivity index (χ3v) is 6.73. The zero-order valence-corrected chi connectivity index (χ0v) is 13.2. The lowest BCUT2D eigenvalue weighted by atomic mass is 9.83. The molecule has 2 saturated carbocycles. The average molecular weight is 287 g/mol. The molecule has 0 heterocycles. The largest absolute Gasteiger partial charge is 0.311 e. The Bertz CT molecular complexity index is 374. The molecule has 2 fully saturated rings. The van der Waals surface area contributed by atoms with E-state index in [4.69, 9.17) is 0 Å². The molecule has 0 aromatic carbocycles. The molecule has 0 aromatic rings. The van der Waals surface area contributed by atoms with E-state index in [0.29, 0.717) is 12.1 Å². The molecule has 19 heavy (non-hydrogen) atoms.